The van der Waals surface area contributed by atoms with Crippen molar-refractivity contribution >= 4 is 32.3 Å². The Kier molecular flexibility index (Phi) is 3.78. The Balaban J connectivity index is 1.60. The molecule has 0 aliphatic carbocycles. The predicted octanol–water partition coefficient (Wildman–Crippen LogP) is 6.67. The lowest BCUT2D eigenvalue weighted by molar-refractivity contribution is 1.07. The fourth-order valence-corrected chi connectivity index (χ4v) is 4.13. The molecule has 1 heterocycles. The molecule has 0 saturated carbocycles. The first kappa shape index (κ1) is 16.8. The molecule has 0 amide bonds. The molecule has 140 valence electrons. The highest BCUT2D eigenvalue weighted by Crippen LogP contribution is 2.34. The molecule has 5 aromatic carbocycles. The molecule has 6 rings (SSSR count). The van der Waals surface area contributed by atoms with Crippen molar-refractivity contribution in [3.8, 4) is 22.8 Å². The Bertz CT molecular complexity index is 1530. The summed E-state index contributed by atoms with van der Waals surface area (Å²) in [5.41, 5.74) is 1.97. The third-order valence-corrected chi connectivity index (χ3v) is 5.59. The van der Waals surface area contributed by atoms with Crippen LogP contribution >= 0.6 is 0 Å². The molecule has 6 aromatic rings. The summed E-state index contributed by atoms with van der Waals surface area (Å²) >= 11 is 0. The smallest absolute Gasteiger partial charge is 0.163 e. The second-order valence-electron chi connectivity index (χ2n) is 7.38. The number of aromatic nitrogens is 3. The molecular weight excluding hydrogens is 366 g/mol. The predicted molar refractivity (Wildman–Crippen MR) is 123 cm³/mol. The third kappa shape index (κ3) is 2.72. The summed E-state index contributed by atoms with van der Waals surface area (Å²) in [5, 5.41) is 7.43. The van der Waals surface area contributed by atoms with Gasteiger partial charge in [0.15, 0.2) is 11.6 Å². The molecule has 0 N–H and O–H groups in total. The van der Waals surface area contributed by atoms with E-state index in [2.05, 4.69) is 76.7 Å². The first-order valence-corrected chi connectivity index (χ1v) is 9.96. The highest BCUT2D eigenvalue weighted by molar-refractivity contribution is 6.20. The number of hydrogen-bond acceptors (Lipinski definition) is 3. The Morgan fingerprint density at radius 2 is 1.10 bits per heavy atom. The highest BCUT2D eigenvalue weighted by atomic mass is 15.0. The van der Waals surface area contributed by atoms with E-state index in [0.717, 1.165) is 11.1 Å². The van der Waals surface area contributed by atoms with E-state index in [0.29, 0.717) is 11.6 Å². The summed E-state index contributed by atoms with van der Waals surface area (Å²) in [4.78, 5) is 13.6. The summed E-state index contributed by atoms with van der Waals surface area (Å²) in [5.74, 6) is 1.37. The van der Waals surface area contributed by atoms with E-state index >= 15 is 0 Å². The molecule has 0 radical (unpaired) electrons. The monoisotopic (exact) mass is 383 g/mol. The summed E-state index contributed by atoms with van der Waals surface area (Å²) < 4.78 is 0. The summed E-state index contributed by atoms with van der Waals surface area (Å²) in [6.45, 7) is 0. The van der Waals surface area contributed by atoms with Crippen molar-refractivity contribution in [3.63, 3.8) is 0 Å². The number of nitrogens with zero attached hydrogens (tertiary/aromatic N) is 3. The van der Waals surface area contributed by atoms with Gasteiger partial charge in [-0.3, -0.25) is 0 Å². The van der Waals surface area contributed by atoms with Crippen LogP contribution in [-0.4, -0.2) is 15.0 Å². The number of rotatable bonds is 2. The van der Waals surface area contributed by atoms with Crippen molar-refractivity contribution in [3.05, 3.63) is 103 Å². The molecular formula is C27H17N3. The molecule has 3 nitrogen and oxygen atoms in total. The molecule has 0 fully saturated rings. The maximum Gasteiger partial charge on any atom is 0.163 e. The molecule has 0 spiro atoms. The Morgan fingerprint density at radius 1 is 0.467 bits per heavy atom. The molecule has 1 aromatic heterocycles. The molecule has 0 unspecified atom stereocenters. The molecule has 3 heteroatoms. The number of benzene rings is 5. The van der Waals surface area contributed by atoms with Gasteiger partial charge in [0.2, 0.25) is 0 Å². The zero-order valence-electron chi connectivity index (χ0n) is 16.2. The molecule has 0 atom stereocenters. The van der Waals surface area contributed by atoms with Crippen molar-refractivity contribution in [2.75, 3.05) is 0 Å². The van der Waals surface area contributed by atoms with Crippen LogP contribution in [0.1, 0.15) is 0 Å². The van der Waals surface area contributed by atoms with Gasteiger partial charge in [-0.15, -0.1) is 0 Å². The van der Waals surface area contributed by atoms with E-state index < -0.39 is 0 Å². The largest absolute Gasteiger partial charge is 0.217 e. The van der Waals surface area contributed by atoms with Gasteiger partial charge in [-0.05, 0) is 38.4 Å². The minimum Gasteiger partial charge on any atom is -0.217 e. The van der Waals surface area contributed by atoms with Gasteiger partial charge >= 0.3 is 0 Å². The molecule has 0 aliphatic rings. The van der Waals surface area contributed by atoms with Crippen LogP contribution < -0.4 is 0 Å². The van der Waals surface area contributed by atoms with Gasteiger partial charge in [0.05, 0.1) is 0 Å². The first-order chi connectivity index (χ1) is 14.9. The Hall–Kier alpha value is -4.11. The Labute approximate surface area is 173 Å². The lowest BCUT2D eigenvalue weighted by atomic mass is 9.95. The number of fused-ring (bicyclic) bond motifs is 5. The average molecular weight is 383 g/mol. The van der Waals surface area contributed by atoms with Crippen LogP contribution in [0.2, 0.25) is 0 Å². The van der Waals surface area contributed by atoms with E-state index in [1.54, 1.807) is 6.33 Å². The second-order valence-corrected chi connectivity index (χ2v) is 7.38. The standard InChI is InChI=1S/C27H17N3/c1-2-7-21(8-3-1)26-28-17-29-27(30-26)22-15-12-19-11-14-20-13-10-18-6-4-5-9-23(18)25(20)24(19)16-22/h1-17H. The van der Waals surface area contributed by atoms with Gasteiger partial charge in [0.25, 0.3) is 0 Å². The summed E-state index contributed by atoms with van der Waals surface area (Å²) in [6, 6.07) is 33.7. The van der Waals surface area contributed by atoms with Crippen molar-refractivity contribution in [1.29, 1.82) is 0 Å². The van der Waals surface area contributed by atoms with E-state index in [9.17, 15) is 0 Å². The molecule has 0 saturated heterocycles. The lowest BCUT2D eigenvalue weighted by Gasteiger charge is -2.10. The van der Waals surface area contributed by atoms with Crippen molar-refractivity contribution in [2.45, 2.75) is 0 Å². The second kappa shape index (κ2) is 6.75. The van der Waals surface area contributed by atoms with Gasteiger partial charge in [-0.1, -0.05) is 91.0 Å². The van der Waals surface area contributed by atoms with E-state index in [1.165, 1.54) is 32.3 Å². The van der Waals surface area contributed by atoms with Crippen LogP contribution in [0.15, 0.2) is 103 Å². The van der Waals surface area contributed by atoms with Gasteiger partial charge in [0.1, 0.15) is 6.33 Å². The van der Waals surface area contributed by atoms with Gasteiger partial charge < -0.3 is 0 Å². The van der Waals surface area contributed by atoms with Crippen molar-refractivity contribution in [1.82, 2.24) is 15.0 Å². The van der Waals surface area contributed by atoms with E-state index in [1.807, 2.05) is 30.3 Å². The van der Waals surface area contributed by atoms with Crippen LogP contribution in [0.5, 0.6) is 0 Å². The van der Waals surface area contributed by atoms with Crippen LogP contribution in [0.4, 0.5) is 0 Å². The zero-order valence-corrected chi connectivity index (χ0v) is 16.2. The lowest BCUT2D eigenvalue weighted by Crippen LogP contribution is -1.95. The SMILES string of the molecule is c1ccc(-c2ncnc(-c3ccc4ccc5ccc6ccccc6c5c4c3)n2)cc1. The molecule has 0 aliphatic heterocycles. The van der Waals surface area contributed by atoms with E-state index in [-0.39, 0.29) is 0 Å². The van der Waals surface area contributed by atoms with Crippen LogP contribution in [0.25, 0.3) is 55.1 Å². The van der Waals surface area contributed by atoms with Crippen molar-refractivity contribution < 1.29 is 0 Å². The highest BCUT2D eigenvalue weighted by Gasteiger charge is 2.10. The number of hydrogen-bond donors (Lipinski definition) is 0. The van der Waals surface area contributed by atoms with E-state index in [4.69, 9.17) is 4.98 Å². The van der Waals surface area contributed by atoms with Crippen LogP contribution in [-0.2, 0) is 0 Å². The first-order valence-electron chi connectivity index (χ1n) is 9.96. The quantitative estimate of drug-likeness (QED) is 0.314. The molecule has 0 bridgehead atoms. The normalized spacial score (nSPS) is 11.3. The zero-order chi connectivity index (χ0) is 19.9. The van der Waals surface area contributed by atoms with Crippen molar-refractivity contribution in [2.24, 2.45) is 0 Å². The average Bonchev–Trinajstić information content (AvgIpc) is 2.84. The minimum absolute atomic E-state index is 0.683. The fraction of sp³-hybridized carbons (Fsp3) is 0. The molecule has 30 heavy (non-hydrogen) atoms. The maximum atomic E-state index is 4.74. The van der Waals surface area contributed by atoms with Gasteiger partial charge in [-0.2, -0.15) is 0 Å². The minimum atomic E-state index is 0.683. The van der Waals surface area contributed by atoms with Crippen LogP contribution in [0, 0.1) is 0 Å². The maximum absolute atomic E-state index is 4.74. The van der Waals surface area contributed by atoms with Gasteiger partial charge in [-0.25, -0.2) is 15.0 Å². The van der Waals surface area contributed by atoms with Gasteiger partial charge in [0, 0.05) is 11.1 Å². The topological polar surface area (TPSA) is 38.7 Å². The summed E-state index contributed by atoms with van der Waals surface area (Å²) in [6.07, 6.45) is 1.59. The Morgan fingerprint density at radius 3 is 1.93 bits per heavy atom. The van der Waals surface area contributed by atoms with Crippen LogP contribution in [0.3, 0.4) is 0 Å². The third-order valence-electron chi connectivity index (χ3n) is 5.59. The summed E-state index contributed by atoms with van der Waals surface area (Å²) in [7, 11) is 0. The fourth-order valence-electron chi connectivity index (χ4n) is 4.13.